The molecule has 0 aromatic carbocycles. The van der Waals surface area contributed by atoms with Gasteiger partial charge in [0.1, 0.15) is 0 Å². The van der Waals surface area contributed by atoms with E-state index in [0.717, 1.165) is 0 Å². The molecular formula is C6H8F6Zn. The van der Waals surface area contributed by atoms with Gasteiger partial charge in [-0.25, -0.2) is 0 Å². The number of alkyl halides is 6. The summed E-state index contributed by atoms with van der Waals surface area (Å²) in [5.74, 6) is 0. The largest absolute Gasteiger partial charge is 2.00 e. The predicted octanol–water partition coefficient (Wildman–Crippen LogP) is 3.54. The van der Waals surface area contributed by atoms with E-state index in [2.05, 4.69) is 13.8 Å². The van der Waals surface area contributed by atoms with E-state index >= 15 is 0 Å². The Bertz CT molecular complexity index is 90.7. The van der Waals surface area contributed by atoms with E-state index in [0.29, 0.717) is 0 Å². The van der Waals surface area contributed by atoms with Crippen molar-refractivity contribution in [1.82, 2.24) is 0 Å². The summed E-state index contributed by atoms with van der Waals surface area (Å²) < 4.78 is 64.3. The van der Waals surface area contributed by atoms with Crippen LogP contribution in [-0.4, -0.2) is 12.4 Å². The van der Waals surface area contributed by atoms with Crippen LogP contribution in [0.25, 0.3) is 0 Å². The van der Waals surface area contributed by atoms with Crippen LogP contribution in [0.4, 0.5) is 26.3 Å². The van der Waals surface area contributed by atoms with Gasteiger partial charge in [0, 0.05) is 0 Å². The SMILES string of the molecule is [CH2-]CC(F)(F)F.[CH2-]CC(F)(F)F.[Zn+2]. The number of rotatable bonds is 0. The zero-order valence-electron chi connectivity index (χ0n) is 6.80. The maximum Gasteiger partial charge on any atom is 2.00 e. The van der Waals surface area contributed by atoms with Crippen molar-refractivity contribution < 1.29 is 45.8 Å². The summed E-state index contributed by atoms with van der Waals surface area (Å²) in [4.78, 5) is 0. The van der Waals surface area contributed by atoms with Gasteiger partial charge in [0.2, 0.25) is 0 Å². The Morgan fingerprint density at radius 2 is 0.769 bits per heavy atom. The zero-order valence-corrected chi connectivity index (χ0v) is 9.77. The normalized spacial score (nSPS) is 11.1. The van der Waals surface area contributed by atoms with E-state index in [1.807, 2.05) is 0 Å². The third kappa shape index (κ3) is 33.0. The van der Waals surface area contributed by atoms with E-state index in [1.54, 1.807) is 0 Å². The minimum absolute atomic E-state index is 0. The van der Waals surface area contributed by atoms with Gasteiger partial charge in [0.15, 0.2) is 0 Å². The van der Waals surface area contributed by atoms with Crippen molar-refractivity contribution >= 4 is 0 Å². The van der Waals surface area contributed by atoms with E-state index in [-0.39, 0.29) is 19.5 Å². The fraction of sp³-hybridized carbons (Fsp3) is 0.667. The Balaban J connectivity index is -0.000000143. The molecule has 13 heavy (non-hydrogen) atoms. The van der Waals surface area contributed by atoms with Gasteiger partial charge in [-0.05, 0) is 0 Å². The van der Waals surface area contributed by atoms with Crippen molar-refractivity contribution in [1.29, 1.82) is 0 Å². The first-order valence-corrected chi connectivity index (χ1v) is 2.84. The summed E-state index contributed by atoms with van der Waals surface area (Å²) in [7, 11) is 0. The molecule has 76 valence electrons. The van der Waals surface area contributed by atoms with Crippen molar-refractivity contribution in [2.24, 2.45) is 0 Å². The van der Waals surface area contributed by atoms with Gasteiger partial charge in [0.25, 0.3) is 0 Å². The van der Waals surface area contributed by atoms with Crippen LogP contribution in [0, 0.1) is 13.8 Å². The summed E-state index contributed by atoms with van der Waals surface area (Å²) in [6.07, 6.45) is -10.1. The van der Waals surface area contributed by atoms with Gasteiger partial charge in [0.05, 0.1) is 0 Å². The van der Waals surface area contributed by atoms with Crippen molar-refractivity contribution in [3.63, 3.8) is 0 Å². The summed E-state index contributed by atoms with van der Waals surface area (Å²) in [6.45, 7) is 5.26. The second kappa shape index (κ2) is 7.59. The third-order valence-electron chi connectivity index (χ3n) is 0.567. The molecule has 0 radical (unpaired) electrons. The van der Waals surface area contributed by atoms with Gasteiger partial charge < -0.3 is 13.8 Å². The maximum absolute atomic E-state index is 10.7. The van der Waals surface area contributed by atoms with Crippen LogP contribution >= 0.6 is 0 Å². The van der Waals surface area contributed by atoms with Crippen LogP contribution < -0.4 is 0 Å². The quantitative estimate of drug-likeness (QED) is 0.355. The Kier molecular flexibility index (Phi) is 11.0. The van der Waals surface area contributed by atoms with Gasteiger partial charge in [-0.2, -0.15) is 26.3 Å². The fourth-order valence-electron chi connectivity index (χ4n) is 0. The molecule has 0 N–H and O–H groups in total. The Hall–Kier alpha value is 0.203. The summed E-state index contributed by atoms with van der Waals surface area (Å²) in [5.41, 5.74) is 0. The Morgan fingerprint density at radius 3 is 0.769 bits per heavy atom. The Morgan fingerprint density at radius 1 is 0.692 bits per heavy atom. The van der Waals surface area contributed by atoms with Crippen molar-refractivity contribution in [3.05, 3.63) is 13.8 Å². The van der Waals surface area contributed by atoms with Gasteiger partial charge in [-0.15, -0.1) is 0 Å². The first-order chi connectivity index (χ1) is 5.12. The number of hydrogen-bond acceptors (Lipinski definition) is 0. The van der Waals surface area contributed by atoms with Gasteiger partial charge >= 0.3 is 31.8 Å². The number of halogens is 6. The van der Waals surface area contributed by atoms with Crippen LogP contribution in [0.1, 0.15) is 12.8 Å². The maximum atomic E-state index is 10.7. The van der Waals surface area contributed by atoms with Crippen molar-refractivity contribution in [3.8, 4) is 0 Å². The standard InChI is InChI=1S/2C3H4F3.Zn/c2*1-2-3(4,5)6;/h2*1-2H2;/q2*-1;+2. The van der Waals surface area contributed by atoms with Gasteiger partial charge in [-0.1, -0.05) is 12.8 Å². The first kappa shape index (κ1) is 18.9. The molecule has 0 saturated carbocycles. The minimum atomic E-state index is -4.07. The Labute approximate surface area is 85.4 Å². The molecule has 0 heterocycles. The number of hydrogen-bond donors (Lipinski definition) is 0. The average molecular weight is 260 g/mol. The molecule has 0 nitrogen and oxygen atoms in total. The summed E-state index contributed by atoms with van der Waals surface area (Å²) in [5, 5.41) is 0. The van der Waals surface area contributed by atoms with Crippen molar-refractivity contribution in [2.45, 2.75) is 25.2 Å². The molecule has 0 spiro atoms. The van der Waals surface area contributed by atoms with Crippen LogP contribution in [0.2, 0.25) is 0 Å². The van der Waals surface area contributed by atoms with Crippen molar-refractivity contribution in [2.75, 3.05) is 0 Å². The molecule has 0 atom stereocenters. The molecule has 0 rings (SSSR count). The monoisotopic (exact) mass is 258 g/mol. The van der Waals surface area contributed by atoms with E-state index in [1.165, 1.54) is 0 Å². The molecule has 0 fully saturated rings. The second-order valence-corrected chi connectivity index (χ2v) is 1.73. The second-order valence-electron chi connectivity index (χ2n) is 1.73. The first-order valence-electron chi connectivity index (χ1n) is 2.84. The van der Waals surface area contributed by atoms with Crippen LogP contribution in [0.15, 0.2) is 0 Å². The fourth-order valence-corrected chi connectivity index (χ4v) is 0. The van der Waals surface area contributed by atoms with E-state index < -0.39 is 25.2 Å². The minimum Gasteiger partial charge on any atom is -0.335 e. The topological polar surface area (TPSA) is 0 Å². The summed E-state index contributed by atoms with van der Waals surface area (Å²) >= 11 is 0. The predicted molar refractivity (Wildman–Crippen MR) is 32.1 cm³/mol. The molecule has 0 bridgehead atoms. The molecule has 0 saturated heterocycles. The molecule has 0 aromatic rings. The molecular weight excluding hydrogens is 251 g/mol. The van der Waals surface area contributed by atoms with Crippen LogP contribution in [-0.2, 0) is 19.5 Å². The van der Waals surface area contributed by atoms with Crippen LogP contribution in [0.3, 0.4) is 0 Å². The van der Waals surface area contributed by atoms with E-state index in [9.17, 15) is 26.3 Å². The molecule has 7 heteroatoms. The zero-order chi connectivity index (χ0) is 10.4. The molecule has 0 aliphatic rings. The summed E-state index contributed by atoms with van der Waals surface area (Å²) in [6, 6.07) is 0. The molecule has 0 aliphatic heterocycles. The molecule has 0 aliphatic carbocycles. The smallest absolute Gasteiger partial charge is 0.335 e. The molecule has 0 unspecified atom stereocenters. The van der Waals surface area contributed by atoms with E-state index in [4.69, 9.17) is 0 Å². The third-order valence-corrected chi connectivity index (χ3v) is 0.567. The molecule has 0 amide bonds. The molecule has 0 aromatic heterocycles. The van der Waals surface area contributed by atoms with Crippen LogP contribution in [0.5, 0.6) is 0 Å². The van der Waals surface area contributed by atoms with Gasteiger partial charge in [-0.3, -0.25) is 0 Å². The average Bonchev–Trinajstić information content (AvgIpc) is 1.86.